The van der Waals surface area contributed by atoms with Gasteiger partial charge < -0.3 is 14.5 Å². The van der Waals surface area contributed by atoms with E-state index in [9.17, 15) is 4.79 Å². The van der Waals surface area contributed by atoms with Crippen LogP contribution in [0.3, 0.4) is 0 Å². The number of ether oxygens (including phenoxy) is 1. The monoisotopic (exact) mass is 424 g/mol. The van der Waals surface area contributed by atoms with Gasteiger partial charge in [-0.05, 0) is 56.5 Å². The molecule has 0 aliphatic rings. The third-order valence-corrected chi connectivity index (χ3v) is 5.76. The lowest BCUT2D eigenvalue weighted by Gasteiger charge is -2.13. The third kappa shape index (κ3) is 6.39. The zero-order valence-electron chi connectivity index (χ0n) is 17.7. The van der Waals surface area contributed by atoms with E-state index in [1.54, 1.807) is 18.9 Å². The highest BCUT2D eigenvalue weighted by Gasteiger charge is 2.13. The molecule has 1 N–H and O–H groups in total. The van der Waals surface area contributed by atoms with Crippen LogP contribution in [0, 0.1) is 6.92 Å². The Morgan fingerprint density at radius 3 is 2.60 bits per heavy atom. The summed E-state index contributed by atoms with van der Waals surface area (Å²) in [7, 11) is 1.64. The van der Waals surface area contributed by atoms with Crippen LogP contribution < -0.4 is 10.1 Å². The number of carbonyl (C=O) groups excluding carboxylic acids is 1. The highest BCUT2D eigenvalue weighted by molar-refractivity contribution is 7.99. The number of aryl methyl sites for hydroxylation is 2. The average Bonchev–Trinajstić information content (AvgIpc) is 3.13. The minimum absolute atomic E-state index is 0.0529. The van der Waals surface area contributed by atoms with Gasteiger partial charge in [-0.15, -0.1) is 11.8 Å². The number of amides is 1. The van der Waals surface area contributed by atoms with Gasteiger partial charge in [-0.1, -0.05) is 30.3 Å². The molecule has 30 heavy (non-hydrogen) atoms. The predicted molar refractivity (Wildman–Crippen MR) is 122 cm³/mol. The number of aromatic nitrogens is 1. The first-order chi connectivity index (χ1) is 14.5. The van der Waals surface area contributed by atoms with Crippen molar-refractivity contribution in [2.45, 2.75) is 38.5 Å². The zero-order valence-corrected chi connectivity index (χ0v) is 18.5. The summed E-state index contributed by atoms with van der Waals surface area (Å²) in [5.74, 6) is 3.26. The van der Waals surface area contributed by atoms with Gasteiger partial charge in [0.05, 0.1) is 18.6 Å². The van der Waals surface area contributed by atoms with E-state index in [1.807, 2.05) is 49.4 Å². The molecule has 5 nitrogen and oxygen atoms in total. The van der Waals surface area contributed by atoms with Crippen molar-refractivity contribution in [3.8, 4) is 17.2 Å². The molecule has 0 saturated carbocycles. The van der Waals surface area contributed by atoms with Crippen LogP contribution in [0.4, 0.5) is 0 Å². The van der Waals surface area contributed by atoms with E-state index in [4.69, 9.17) is 9.15 Å². The Kier molecular flexibility index (Phi) is 7.97. The predicted octanol–water partition coefficient (Wildman–Crippen LogP) is 5.03. The number of nitrogens with zero attached hydrogens (tertiary/aromatic N) is 1. The Bertz CT molecular complexity index is 939. The average molecular weight is 425 g/mol. The minimum Gasteiger partial charge on any atom is -0.497 e. The molecule has 6 heteroatoms. The molecule has 0 radical (unpaired) electrons. The number of thioether (sulfide) groups is 1. The van der Waals surface area contributed by atoms with Crippen molar-refractivity contribution in [3.05, 3.63) is 71.6 Å². The molecular weight excluding hydrogens is 396 g/mol. The summed E-state index contributed by atoms with van der Waals surface area (Å²) in [4.78, 5) is 16.8. The first kappa shape index (κ1) is 22.0. The van der Waals surface area contributed by atoms with Crippen molar-refractivity contribution in [1.29, 1.82) is 0 Å². The summed E-state index contributed by atoms with van der Waals surface area (Å²) >= 11 is 1.55. The summed E-state index contributed by atoms with van der Waals surface area (Å²) in [5.41, 5.74) is 3.07. The number of hydrogen-bond acceptors (Lipinski definition) is 5. The van der Waals surface area contributed by atoms with E-state index in [0.29, 0.717) is 17.4 Å². The molecule has 0 spiro atoms. The number of rotatable bonds is 10. The highest BCUT2D eigenvalue weighted by Crippen LogP contribution is 2.25. The van der Waals surface area contributed by atoms with E-state index in [1.165, 1.54) is 5.56 Å². The molecule has 1 aromatic heterocycles. The SMILES string of the molecule is COc1ccc(-c2nc(CSCC(=O)NC(C)CCc3ccccc3)c(C)o2)cc1. The Morgan fingerprint density at radius 2 is 1.90 bits per heavy atom. The van der Waals surface area contributed by atoms with Crippen molar-refractivity contribution < 1.29 is 13.9 Å². The number of methoxy groups -OCH3 is 1. The molecule has 158 valence electrons. The van der Waals surface area contributed by atoms with E-state index >= 15 is 0 Å². The number of carbonyl (C=O) groups is 1. The molecule has 0 fully saturated rings. The summed E-state index contributed by atoms with van der Waals surface area (Å²) < 4.78 is 11.0. The molecule has 0 bridgehead atoms. The van der Waals surface area contributed by atoms with Crippen LogP contribution in [-0.2, 0) is 17.0 Å². The van der Waals surface area contributed by atoms with Gasteiger partial charge in [0.15, 0.2) is 0 Å². The second-order valence-electron chi connectivity index (χ2n) is 7.24. The second kappa shape index (κ2) is 10.9. The quantitative estimate of drug-likeness (QED) is 0.495. The van der Waals surface area contributed by atoms with Gasteiger partial charge in [0.25, 0.3) is 0 Å². The number of hydrogen-bond donors (Lipinski definition) is 1. The van der Waals surface area contributed by atoms with Crippen molar-refractivity contribution >= 4 is 17.7 Å². The Hall–Kier alpha value is -2.73. The van der Waals surface area contributed by atoms with Crippen LogP contribution in [0.1, 0.15) is 30.4 Å². The summed E-state index contributed by atoms with van der Waals surface area (Å²) in [6.45, 7) is 3.95. The highest BCUT2D eigenvalue weighted by atomic mass is 32.2. The molecule has 0 aliphatic carbocycles. The molecule has 1 heterocycles. The van der Waals surface area contributed by atoms with Crippen molar-refractivity contribution in [1.82, 2.24) is 10.3 Å². The van der Waals surface area contributed by atoms with Crippen molar-refractivity contribution in [3.63, 3.8) is 0 Å². The fourth-order valence-corrected chi connectivity index (χ4v) is 3.91. The normalized spacial score (nSPS) is 11.8. The zero-order chi connectivity index (χ0) is 21.3. The van der Waals surface area contributed by atoms with E-state index in [-0.39, 0.29) is 11.9 Å². The molecule has 0 aliphatic heterocycles. The Morgan fingerprint density at radius 1 is 1.17 bits per heavy atom. The van der Waals surface area contributed by atoms with Crippen LogP contribution >= 0.6 is 11.8 Å². The van der Waals surface area contributed by atoms with Gasteiger partial charge in [0.2, 0.25) is 11.8 Å². The smallest absolute Gasteiger partial charge is 0.230 e. The molecule has 3 rings (SSSR count). The first-order valence-electron chi connectivity index (χ1n) is 10.1. The topological polar surface area (TPSA) is 64.4 Å². The third-order valence-electron chi connectivity index (χ3n) is 4.82. The molecule has 1 amide bonds. The Labute approximate surface area is 182 Å². The lowest BCUT2D eigenvalue weighted by molar-refractivity contribution is -0.119. The fourth-order valence-electron chi connectivity index (χ4n) is 3.08. The molecular formula is C24H28N2O3S. The maximum absolute atomic E-state index is 12.2. The van der Waals surface area contributed by atoms with Crippen molar-refractivity contribution in [2.75, 3.05) is 12.9 Å². The van der Waals surface area contributed by atoms with Gasteiger partial charge in [0, 0.05) is 17.4 Å². The molecule has 1 unspecified atom stereocenters. The van der Waals surface area contributed by atoms with Gasteiger partial charge in [0.1, 0.15) is 11.5 Å². The lowest BCUT2D eigenvalue weighted by atomic mass is 10.1. The first-order valence-corrected chi connectivity index (χ1v) is 11.2. The van der Waals surface area contributed by atoms with Gasteiger partial charge in [-0.25, -0.2) is 4.98 Å². The number of benzene rings is 2. The number of nitrogens with one attached hydrogen (secondary N) is 1. The largest absolute Gasteiger partial charge is 0.497 e. The standard InChI is InChI=1S/C24H28N2O3S/c1-17(9-10-19-7-5-4-6-8-19)25-23(27)16-30-15-22-18(2)29-24(26-22)20-11-13-21(28-3)14-12-20/h4-8,11-14,17H,9-10,15-16H2,1-3H3,(H,25,27). The van der Waals surface area contributed by atoms with E-state index in [2.05, 4.69) is 29.4 Å². The molecule has 0 saturated heterocycles. The maximum atomic E-state index is 12.2. The fraction of sp³-hybridized carbons (Fsp3) is 0.333. The number of oxazole rings is 1. The van der Waals surface area contributed by atoms with Gasteiger partial charge in [-0.2, -0.15) is 0 Å². The maximum Gasteiger partial charge on any atom is 0.230 e. The van der Waals surface area contributed by atoms with E-state index < -0.39 is 0 Å². The summed E-state index contributed by atoms with van der Waals surface area (Å²) in [6.07, 6.45) is 1.88. The lowest BCUT2D eigenvalue weighted by Crippen LogP contribution is -2.34. The molecule has 3 aromatic rings. The second-order valence-corrected chi connectivity index (χ2v) is 8.22. The molecule has 2 aromatic carbocycles. The minimum atomic E-state index is 0.0529. The van der Waals surface area contributed by atoms with Gasteiger partial charge >= 0.3 is 0 Å². The Balaban J connectivity index is 1.43. The van der Waals surface area contributed by atoms with Crippen LogP contribution in [0.2, 0.25) is 0 Å². The van der Waals surface area contributed by atoms with Crippen LogP contribution in [0.15, 0.2) is 59.0 Å². The van der Waals surface area contributed by atoms with Crippen LogP contribution in [-0.4, -0.2) is 29.8 Å². The van der Waals surface area contributed by atoms with E-state index in [0.717, 1.165) is 35.6 Å². The van der Waals surface area contributed by atoms with Gasteiger partial charge in [-0.3, -0.25) is 4.79 Å². The summed E-state index contributed by atoms with van der Waals surface area (Å²) in [6, 6.07) is 18.1. The van der Waals surface area contributed by atoms with Crippen LogP contribution in [0.25, 0.3) is 11.5 Å². The summed E-state index contributed by atoms with van der Waals surface area (Å²) in [5, 5.41) is 3.08. The van der Waals surface area contributed by atoms with Crippen molar-refractivity contribution in [2.24, 2.45) is 0 Å². The van der Waals surface area contributed by atoms with Crippen LogP contribution in [0.5, 0.6) is 5.75 Å². The molecule has 1 atom stereocenters.